The van der Waals surface area contributed by atoms with Crippen LogP contribution < -0.4 is 0 Å². The van der Waals surface area contributed by atoms with Crippen LogP contribution in [0.25, 0.3) is 135 Å². The molecule has 20 rings (SSSR count). The topological polar surface area (TPSA) is 206 Å². The zero-order valence-electron chi connectivity index (χ0n) is 75.9. The van der Waals surface area contributed by atoms with Crippen molar-refractivity contribution in [1.29, 1.82) is 0 Å². The predicted octanol–water partition coefficient (Wildman–Crippen LogP) is 24.7. The maximum absolute atomic E-state index is 7.23. The summed E-state index contributed by atoms with van der Waals surface area (Å²) in [7, 11) is 0. The third-order valence-corrected chi connectivity index (χ3v) is 18.7. The Morgan fingerprint density at radius 3 is 0.826 bits per heavy atom. The van der Waals surface area contributed by atoms with Gasteiger partial charge in [-0.3, -0.25) is 4.98 Å². The monoisotopic (exact) mass is 2430 g/mol. The Morgan fingerprint density at radius 1 is 0.189 bits per heavy atom. The molecule has 0 aliphatic rings. The maximum atomic E-state index is 7.23. The van der Waals surface area contributed by atoms with E-state index in [1.807, 2.05) is 365 Å². The summed E-state index contributed by atoms with van der Waals surface area (Å²) in [5.41, 5.74) is 25.9. The van der Waals surface area contributed by atoms with Gasteiger partial charge in [-0.2, -0.15) is 0 Å². The van der Waals surface area contributed by atoms with Gasteiger partial charge in [0, 0.05) is 176 Å². The molecule has 20 aromatic rings. The van der Waals surface area contributed by atoms with Crippen molar-refractivity contribution in [3.05, 3.63) is 484 Å². The molecule has 0 spiro atoms. The molecule has 0 fully saturated rings. The second-order valence-corrected chi connectivity index (χ2v) is 28.5. The second-order valence-electron chi connectivity index (χ2n) is 28.5. The average Bonchev–Trinajstić information content (AvgIpc) is 0.799. The first-order valence-electron chi connectivity index (χ1n) is 42.5. The van der Waals surface area contributed by atoms with E-state index < -0.39 is 6.85 Å². The predicted molar refractivity (Wildman–Crippen MR) is 510 cm³/mol. The Bertz CT molecular complexity index is 6550. The minimum atomic E-state index is -2.09. The van der Waals surface area contributed by atoms with Crippen LogP contribution in [0, 0.1) is 104 Å². The number of hydrogen-bond acceptors (Lipinski definition) is 16. The van der Waals surface area contributed by atoms with Gasteiger partial charge in [-0.05, 0) is 171 Å². The number of pyridine rings is 9. The molecule has 0 amide bonds. The number of benzene rings is 8. The summed E-state index contributed by atoms with van der Waals surface area (Å²) in [6, 6.07) is 127. The number of nitrogens with zero attached hydrogens (tertiary/aromatic N) is 16. The van der Waals surface area contributed by atoms with Crippen molar-refractivity contribution in [2.75, 3.05) is 0 Å². The van der Waals surface area contributed by atoms with E-state index in [0.29, 0.717) is 5.82 Å². The van der Waals surface area contributed by atoms with E-state index in [0.717, 1.165) is 153 Å². The molecular formula is C112H88Ir4N16-8. The van der Waals surface area contributed by atoms with Gasteiger partial charge in [0.2, 0.25) is 0 Å². The molecule has 0 saturated heterocycles. The SMILES string of the molecule is Cc1ccc(-c2[c-]cccc2)nc1.Cc1ccc(-c2[c-]cccc2)nc1.Cc1ccc(-c2[c-]cccc2)nc1.Cc1nc(C)nc(-c2ccnc(-c3[c-]cccc3)c2)n1.Cc1ncc(-c2ccnc(-c3[c-]cccc3)c2)cn1.Cc1nccc(-c2ccnc(-c3[c-]cccc3)c2)n1.[2H]C([2H])([2H])c1ccc(-c2[c-]cccc2)nc1.[Ir].[Ir].[Ir].[Ir].[c-]1ccccc1-c1ccc(-c2ccccn2)cn1. The molecule has 8 aromatic carbocycles. The van der Waals surface area contributed by atoms with Crippen LogP contribution in [-0.2, 0) is 80.4 Å². The number of aromatic nitrogens is 16. The fraction of sp³-hybridized carbons (Fsp3) is 0.0714. The molecule has 12 aromatic heterocycles. The summed E-state index contributed by atoms with van der Waals surface area (Å²) in [6.45, 7) is 11.5. The van der Waals surface area contributed by atoms with Crippen molar-refractivity contribution in [2.24, 2.45) is 0 Å². The van der Waals surface area contributed by atoms with Crippen molar-refractivity contribution < 1.29 is 84.5 Å². The Labute approximate surface area is 831 Å². The first kappa shape index (κ1) is 96.9. The summed E-state index contributed by atoms with van der Waals surface area (Å²) in [5, 5.41) is 0. The molecule has 0 atom stereocenters. The third kappa shape index (κ3) is 32.2. The average molecular weight is 2430 g/mol. The summed E-state index contributed by atoms with van der Waals surface area (Å²) in [5.74, 6) is 3.65. The largest absolute Gasteiger partial charge is 0.305 e. The number of aryl methyl sites for hydroxylation is 8. The standard InChI is InChI=1S/C16H13N4.2C16H12N3.C16H11N2.4C12H10N.4Ir/c1-11-18-12(2)20-16(19-11)14-8-9-17-15(10-14)13-6-4-3-5-7-13;1-12-17-10-8-15(19-12)14-7-9-18-16(11-14)13-5-3-2-4-6-13;1-12-18-10-15(11-19-12)14-7-8-17-16(9-14)13-5-3-2-4-6-13;1-2-6-13(7-3-1)16-10-9-14(12-18-16)15-8-4-5-11-17-15;4*1-10-7-8-12(13-9-10)11-5-3-2-4-6-11;;;;/h3-6,8-10H,1-2H3;2*2-5,7-11H,1H3;1-6,8-12H;4*2-5,7-9H,1H3;;;;/q8*-1;;;;/i;;;;1D3;;;;;;;. The summed E-state index contributed by atoms with van der Waals surface area (Å²) in [4.78, 5) is 68.9. The molecule has 0 saturated carbocycles. The Morgan fingerprint density at radius 2 is 0.500 bits per heavy atom. The third-order valence-electron chi connectivity index (χ3n) is 18.7. The minimum Gasteiger partial charge on any atom is -0.305 e. The van der Waals surface area contributed by atoms with Gasteiger partial charge < -0.3 is 39.9 Å². The summed E-state index contributed by atoms with van der Waals surface area (Å²) in [6.07, 6.45) is 21.4. The van der Waals surface area contributed by atoms with E-state index in [1.165, 1.54) is 22.9 Å². The van der Waals surface area contributed by atoms with Crippen LogP contribution in [0.3, 0.4) is 0 Å². The van der Waals surface area contributed by atoms with Gasteiger partial charge in [-0.1, -0.05) is 84.9 Å². The van der Waals surface area contributed by atoms with Crippen molar-refractivity contribution in [3.63, 3.8) is 0 Å². The molecule has 4 radical (unpaired) electrons. The summed E-state index contributed by atoms with van der Waals surface area (Å²) < 4.78 is 21.7. The van der Waals surface area contributed by atoms with Crippen molar-refractivity contribution in [3.8, 4) is 135 Å². The van der Waals surface area contributed by atoms with Crippen LogP contribution in [0.15, 0.2) is 390 Å². The molecule has 0 unspecified atom stereocenters. The van der Waals surface area contributed by atoms with Gasteiger partial charge in [0.1, 0.15) is 23.3 Å². The molecule has 0 aliphatic carbocycles. The molecule has 0 aliphatic heterocycles. The van der Waals surface area contributed by atoms with Gasteiger partial charge >= 0.3 is 0 Å². The summed E-state index contributed by atoms with van der Waals surface area (Å²) >= 11 is 0. The first-order valence-corrected chi connectivity index (χ1v) is 41.0. The Kier molecular flexibility index (Phi) is 39.9. The van der Waals surface area contributed by atoms with E-state index in [1.54, 1.807) is 49.2 Å². The van der Waals surface area contributed by atoms with Crippen LogP contribution in [0.5, 0.6) is 0 Å². The van der Waals surface area contributed by atoms with Crippen LogP contribution in [-0.4, -0.2) is 79.7 Å². The van der Waals surface area contributed by atoms with Crippen molar-refractivity contribution >= 4 is 0 Å². The maximum Gasteiger partial charge on any atom is 0.162 e. The van der Waals surface area contributed by atoms with Crippen molar-refractivity contribution in [1.82, 2.24) is 79.7 Å². The number of hydrogen-bond donors (Lipinski definition) is 0. The number of rotatable bonds is 12. The van der Waals surface area contributed by atoms with E-state index in [4.69, 9.17) is 4.11 Å². The van der Waals surface area contributed by atoms with E-state index in [9.17, 15) is 0 Å². The Hall–Kier alpha value is -14.1. The zero-order chi connectivity index (χ0) is 91.2. The van der Waals surface area contributed by atoms with Gasteiger partial charge in [0.05, 0.1) is 11.4 Å². The van der Waals surface area contributed by atoms with E-state index in [-0.39, 0.29) is 86.0 Å². The zero-order valence-corrected chi connectivity index (χ0v) is 82.5. The molecule has 0 N–H and O–H groups in total. The van der Waals surface area contributed by atoms with Crippen LogP contribution >= 0.6 is 0 Å². The molecular weight excluding hydrogens is 2340 g/mol. The van der Waals surface area contributed by atoms with Crippen LogP contribution in [0.1, 0.15) is 49.7 Å². The smallest absolute Gasteiger partial charge is 0.162 e. The molecule has 16 nitrogen and oxygen atoms in total. The molecule has 20 heteroatoms. The van der Waals surface area contributed by atoms with Gasteiger partial charge in [0.25, 0.3) is 0 Å². The fourth-order valence-corrected chi connectivity index (χ4v) is 12.2. The van der Waals surface area contributed by atoms with Gasteiger partial charge in [-0.15, -0.1) is 287 Å². The van der Waals surface area contributed by atoms with Crippen molar-refractivity contribution in [2.45, 2.75) is 55.3 Å². The normalized spacial score (nSPS) is 10.3. The quantitative estimate of drug-likeness (QED) is 0.104. The van der Waals surface area contributed by atoms with Crippen LogP contribution in [0.4, 0.5) is 0 Å². The molecule has 12 heterocycles. The minimum absolute atomic E-state index is 0. The molecule has 0 bridgehead atoms. The van der Waals surface area contributed by atoms with Crippen LogP contribution in [0.2, 0.25) is 0 Å². The van der Waals surface area contributed by atoms with Gasteiger partial charge in [0.15, 0.2) is 5.82 Å². The molecule has 660 valence electrons. The van der Waals surface area contributed by atoms with E-state index >= 15 is 0 Å². The second kappa shape index (κ2) is 54.4. The Balaban J connectivity index is 0.000000173. The first-order chi connectivity index (χ1) is 64.0. The fourth-order valence-electron chi connectivity index (χ4n) is 12.2. The molecule has 132 heavy (non-hydrogen) atoms. The van der Waals surface area contributed by atoms with E-state index in [2.05, 4.69) is 146 Å². The van der Waals surface area contributed by atoms with Gasteiger partial charge in [-0.25, -0.2) is 34.9 Å².